The molecule has 2 aromatic rings. The van der Waals surface area contributed by atoms with Gasteiger partial charge in [0.2, 0.25) is 0 Å². The van der Waals surface area contributed by atoms with Crippen LogP contribution < -0.4 is 0 Å². The molecule has 0 fully saturated rings. The predicted octanol–water partition coefficient (Wildman–Crippen LogP) is 3.17. The van der Waals surface area contributed by atoms with E-state index in [-0.39, 0.29) is 5.41 Å². The summed E-state index contributed by atoms with van der Waals surface area (Å²) < 4.78 is 2.01. The van der Waals surface area contributed by atoms with E-state index in [4.69, 9.17) is 0 Å². The molecule has 78 valence electrons. The highest BCUT2D eigenvalue weighted by atomic mass is 15.0. The van der Waals surface area contributed by atoms with E-state index in [2.05, 4.69) is 50.0 Å². The van der Waals surface area contributed by atoms with Crippen molar-refractivity contribution >= 4 is 0 Å². The predicted molar refractivity (Wildman–Crippen MR) is 62.3 cm³/mol. The van der Waals surface area contributed by atoms with Crippen LogP contribution >= 0.6 is 0 Å². The first-order chi connectivity index (χ1) is 7.07. The third kappa shape index (κ3) is 2.09. The lowest BCUT2D eigenvalue weighted by Gasteiger charge is -2.19. The van der Waals surface area contributed by atoms with Crippen molar-refractivity contribution in [3.63, 3.8) is 0 Å². The van der Waals surface area contributed by atoms with Gasteiger partial charge in [0.25, 0.3) is 0 Å². The second-order valence-electron chi connectivity index (χ2n) is 4.77. The van der Waals surface area contributed by atoms with Crippen molar-refractivity contribution < 1.29 is 0 Å². The molecule has 0 unspecified atom stereocenters. The van der Waals surface area contributed by atoms with Gasteiger partial charge in [0, 0.05) is 18.1 Å². The fourth-order valence-corrected chi connectivity index (χ4v) is 1.55. The lowest BCUT2D eigenvalue weighted by Crippen LogP contribution is -2.10. The Morgan fingerprint density at radius 1 is 1.07 bits per heavy atom. The van der Waals surface area contributed by atoms with E-state index in [1.807, 2.05) is 17.1 Å². The number of imidazole rings is 1. The van der Waals surface area contributed by atoms with Crippen molar-refractivity contribution in [2.45, 2.75) is 26.2 Å². The number of aromatic nitrogens is 2. The molecule has 0 aliphatic heterocycles. The van der Waals surface area contributed by atoms with Crippen molar-refractivity contribution in [2.24, 2.45) is 0 Å². The second kappa shape index (κ2) is 3.54. The maximum Gasteiger partial charge on any atom is 0.0991 e. The van der Waals surface area contributed by atoms with Gasteiger partial charge in [0.05, 0.1) is 6.33 Å². The van der Waals surface area contributed by atoms with Gasteiger partial charge in [0.15, 0.2) is 0 Å². The van der Waals surface area contributed by atoms with E-state index < -0.39 is 0 Å². The lowest BCUT2D eigenvalue weighted by atomic mass is 9.87. The van der Waals surface area contributed by atoms with Crippen LogP contribution in [0.5, 0.6) is 0 Å². The third-order valence-corrected chi connectivity index (χ3v) is 2.54. The van der Waals surface area contributed by atoms with Crippen LogP contribution in [0.2, 0.25) is 0 Å². The number of hydrogen-bond donors (Lipinski definition) is 0. The van der Waals surface area contributed by atoms with E-state index in [0.29, 0.717) is 0 Å². The minimum Gasteiger partial charge on any atom is -0.306 e. The number of hydrogen-bond acceptors (Lipinski definition) is 1. The minimum absolute atomic E-state index is 0.216. The topological polar surface area (TPSA) is 17.8 Å². The molecule has 15 heavy (non-hydrogen) atoms. The standard InChI is InChI=1S/C13H16N2/c1-13(2,3)11-4-6-12(7-5-11)15-9-8-14-10-15/h4-10H,1-3H3. The molecule has 1 heterocycles. The fourth-order valence-electron chi connectivity index (χ4n) is 1.55. The molecule has 0 bridgehead atoms. The Hall–Kier alpha value is -1.57. The van der Waals surface area contributed by atoms with Gasteiger partial charge in [-0.1, -0.05) is 32.9 Å². The molecule has 1 aromatic heterocycles. The molecule has 1 aromatic carbocycles. The molecule has 0 atom stereocenters. The van der Waals surface area contributed by atoms with Crippen LogP contribution in [0, 0.1) is 0 Å². The van der Waals surface area contributed by atoms with Gasteiger partial charge >= 0.3 is 0 Å². The van der Waals surface area contributed by atoms with Crippen molar-refractivity contribution in [1.82, 2.24) is 9.55 Å². The molecule has 2 heteroatoms. The number of nitrogens with zero attached hydrogens (tertiary/aromatic N) is 2. The summed E-state index contributed by atoms with van der Waals surface area (Å²) >= 11 is 0. The van der Waals surface area contributed by atoms with Gasteiger partial charge in [-0.05, 0) is 23.1 Å². The Kier molecular flexibility index (Phi) is 2.35. The van der Waals surface area contributed by atoms with Gasteiger partial charge in [-0.2, -0.15) is 0 Å². The van der Waals surface area contributed by atoms with Crippen LogP contribution in [0.3, 0.4) is 0 Å². The van der Waals surface area contributed by atoms with Gasteiger partial charge < -0.3 is 4.57 Å². The maximum atomic E-state index is 4.03. The van der Waals surface area contributed by atoms with Crippen LogP contribution in [0.4, 0.5) is 0 Å². The van der Waals surface area contributed by atoms with Crippen LogP contribution in [0.1, 0.15) is 26.3 Å². The average molecular weight is 200 g/mol. The smallest absolute Gasteiger partial charge is 0.0991 e. The minimum atomic E-state index is 0.216. The molecule has 0 spiro atoms. The van der Waals surface area contributed by atoms with E-state index in [0.717, 1.165) is 5.69 Å². The van der Waals surface area contributed by atoms with Crippen LogP contribution in [0.15, 0.2) is 43.0 Å². The zero-order chi connectivity index (χ0) is 10.9. The van der Waals surface area contributed by atoms with E-state index in [9.17, 15) is 0 Å². The molecule has 0 saturated heterocycles. The van der Waals surface area contributed by atoms with Crippen molar-refractivity contribution in [2.75, 3.05) is 0 Å². The maximum absolute atomic E-state index is 4.03. The molecule has 0 saturated carbocycles. The van der Waals surface area contributed by atoms with Crippen LogP contribution in [0.25, 0.3) is 5.69 Å². The van der Waals surface area contributed by atoms with Crippen LogP contribution in [-0.4, -0.2) is 9.55 Å². The van der Waals surface area contributed by atoms with Gasteiger partial charge in [-0.25, -0.2) is 4.98 Å². The molecule has 0 aliphatic rings. The Balaban J connectivity index is 2.33. The Labute approximate surface area is 90.6 Å². The Morgan fingerprint density at radius 2 is 1.73 bits per heavy atom. The fraction of sp³-hybridized carbons (Fsp3) is 0.308. The monoisotopic (exact) mass is 200 g/mol. The van der Waals surface area contributed by atoms with Crippen LogP contribution in [-0.2, 0) is 5.41 Å². The van der Waals surface area contributed by atoms with E-state index in [1.165, 1.54) is 5.56 Å². The summed E-state index contributed by atoms with van der Waals surface area (Å²) in [6.07, 6.45) is 5.55. The lowest BCUT2D eigenvalue weighted by molar-refractivity contribution is 0.590. The zero-order valence-corrected chi connectivity index (χ0v) is 9.44. The highest BCUT2D eigenvalue weighted by Gasteiger charge is 2.12. The van der Waals surface area contributed by atoms with Gasteiger partial charge in [-0.15, -0.1) is 0 Å². The van der Waals surface area contributed by atoms with Gasteiger partial charge in [0.1, 0.15) is 0 Å². The van der Waals surface area contributed by atoms with E-state index in [1.54, 1.807) is 6.20 Å². The summed E-state index contributed by atoms with van der Waals surface area (Å²) in [6.45, 7) is 6.66. The van der Waals surface area contributed by atoms with Crippen molar-refractivity contribution in [3.8, 4) is 5.69 Å². The first-order valence-corrected chi connectivity index (χ1v) is 5.16. The summed E-state index contributed by atoms with van der Waals surface area (Å²) in [7, 11) is 0. The first-order valence-electron chi connectivity index (χ1n) is 5.16. The molecular formula is C13H16N2. The normalized spacial score (nSPS) is 11.7. The summed E-state index contributed by atoms with van der Waals surface area (Å²) in [4.78, 5) is 4.03. The highest BCUT2D eigenvalue weighted by Crippen LogP contribution is 2.22. The third-order valence-electron chi connectivity index (χ3n) is 2.54. The van der Waals surface area contributed by atoms with Crippen molar-refractivity contribution in [1.29, 1.82) is 0 Å². The summed E-state index contributed by atoms with van der Waals surface area (Å²) in [5, 5.41) is 0. The quantitative estimate of drug-likeness (QED) is 0.691. The molecule has 2 nitrogen and oxygen atoms in total. The molecular weight excluding hydrogens is 184 g/mol. The summed E-state index contributed by atoms with van der Waals surface area (Å²) in [5.41, 5.74) is 2.72. The SMILES string of the molecule is CC(C)(C)c1ccc(-n2ccnc2)cc1. The Morgan fingerprint density at radius 3 is 2.20 bits per heavy atom. The molecule has 0 N–H and O–H groups in total. The number of rotatable bonds is 1. The Bertz CT molecular complexity index is 419. The number of benzene rings is 1. The van der Waals surface area contributed by atoms with Crippen molar-refractivity contribution in [3.05, 3.63) is 48.5 Å². The van der Waals surface area contributed by atoms with E-state index >= 15 is 0 Å². The zero-order valence-electron chi connectivity index (χ0n) is 9.44. The average Bonchev–Trinajstić information content (AvgIpc) is 2.69. The summed E-state index contributed by atoms with van der Waals surface area (Å²) in [6, 6.07) is 8.61. The van der Waals surface area contributed by atoms with Gasteiger partial charge in [-0.3, -0.25) is 0 Å². The molecule has 0 aliphatic carbocycles. The largest absolute Gasteiger partial charge is 0.306 e. The summed E-state index contributed by atoms with van der Waals surface area (Å²) in [5.74, 6) is 0. The molecule has 0 amide bonds. The molecule has 2 rings (SSSR count). The molecule has 0 radical (unpaired) electrons. The first kappa shape index (κ1) is 9.97. The highest BCUT2D eigenvalue weighted by molar-refractivity contribution is 5.36. The second-order valence-corrected chi connectivity index (χ2v) is 4.77.